The molecule has 0 bridgehead atoms. The Hall–Kier alpha value is -2.11. The fourth-order valence-electron chi connectivity index (χ4n) is 2.00. The van der Waals surface area contributed by atoms with E-state index in [0.29, 0.717) is 31.0 Å². The average molecular weight is 263 g/mol. The van der Waals surface area contributed by atoms with Gasteiger partial charge in [0.1, 0.15) is 11.4 Å². The van der Waals surface area contributed by atoms with Crippen LogP contribution >= 0.6 is 0 Å². The molecular weight excluding hydrogens is 246 g/mol. The van der Waals surface area contributed by atoms with E-state index in [2.05, 4.69) is 10.3 Å². The number of methoxy groups -OCH3 is 1. The van der Waals surface area contributed by atoms with Gasteiger partial charge in [-0.1, -0.05) is 0 Å². The van der Waals surface area contributed by atoms with E-state index >= 15 is 0 Å². The van der Waals surface area contributed by atoms with Gasteiger partial charge in [0.15, 0.2) is 0 Å². The number of ether oxygens (including phenoxy) is 1. The molecule has 1 aromatic rings. The Balaban J connectivity index is 1.82. The normalized spacial score (nSPS) is 14.6. The molecule has 1 fully saturated rings. The van der Waals surface area contributed by atoms with Crippen LogP contribution in [0.5, 0.6) is 5.75 Å². The highest BCUT2D eigenvalue weighted by Crippen LogP contribution is 2.10. The molecule has 0 unspecified atom stereocenters. The number of hydrogen-bond acceptors (Lipinski definition) is 4. The molecule has 6 nitrogen and oxygen atoms in total. The number of carbonyl (C=O) groups excluding carboxylic acids is 2. The van der Waals surface area contributed by atoms with Crippen LogP contribution < -0.4 is 10.1 Å². The average Bonchev–Trinajstić information content (AvgIpc) is 2.84. The van der Waals surface area contributed by atoms with Crippen molar-refractivity contribution in [3.63, 3.8) is 0 Å². The second-order valence-electron chi connectivity index (χ2n) is 4.32. The molecule has 2 amide bonds. The topological polar surface area (TPSA) is 71.5 Å². The van der Waals surface area contributed by atoms with Crippen molar-refractivity contribution in [2.24, 2.45) is 0 Å². The first kappa shape index (κ1) is 13.3. The molecule has 19 heavy (non-hydrogen) atoms. The van der Waals surface area contributed by atoms with Crippen LogP contribution in [0.1, 0.15) is 23.3 Å². The molecule has 0 aliphatic carbocycles. The van der Waals surface area contributed by atoms with E-state index in [1.807, 2.05) is 0 Å². The summed E-state index contributed by atoms with van der Waals surface area (Å²) in [5, 5.41) is 2.75. The summed E-state index contributed by atoms with van der Waals surface area (Å²) < 4.78 is 5.03. The quantitative estimate of drug-likeness (QED) is 0.837. The summed E-state index contributed by atoms with van der Waals surface area (Å²) in [7, 11) is 1.54. The first-order valence-corrected chi connectivity index (χ1v) is 6.26. The molecule has 0 atom stereocenters. The van der Waals surface area contributed by atoms with Gasteiger partial charge in [-0.15, -0.1) is 0 Å². The number of nitrogens with one attached hydrogen (secondary N) is 1. The van der Waals surface area contributed by atoms with Crippen molar-refractivity contribution in [2.75, 3.05) is 26.7 Å². The Bertz CT molecular complexity index is 476. The molecule has 0 spiro atoms. The molecule has 0 saturated carbocycles. The van der Waals surface area contributed by atoms with Gasteiger partial charge in [0.2, 0.25) is 5.91 Å². The number of pyridine rings is 1. The standard InChI is InChI=1S/C13H17N3O3/c1-19-10-4-5-14-11(9-10)13(18)15-6-8-16-7-2-3-12(16)17/h4-5,9H,2-3,6-8H2,1H3,(H,15,18). The van der Waals surface area contributed by atoms with Gasteiger partial charge in [-0.2, -0.15) is 0 Å². The third-order valence-corrected chi connectivity index (χ3v) is 3.04. The molecular formula is C13H17N3O3. The molecule has 102 valence electrons. The fraction of sp³-hybridized carbons (Fsp3) is 0.462. The molecule has 2 heterocycles. The minimum absolute atomic E-state index is 0.161. The summed E-state index contributed by atoms with van der Waals surface area (Å²) in [6.45, 7) is 1.77. The van der Waals surface area contributed by atoms with E-state index in [1.54, 1.807) is 17.0 Å². The number of likely N-dealkylation sites (tertiary alicyclic amines) is 1. The predicted molar refractivity (Wildman–Crippen MR) is 68.9 cm³/mol. The number of hydrogen-bond donors (Lipinski definition) is 1. The van der Waals surface area contributed by atoms with Gasteiger partial charge in [0, 0.05) is 38.3 Å². The Kier molecular flexibility index (Phi) is 4.33. The predicted octanol–water partition coefficient (Wildman–Crippen LogP) is 0.442. The zero-order chi connectivity index (χ0) is 13.7. The molecule has 0 aromatic carbocycles. The van der Waals surface area contributed by atoms with Gasteiger partial charge in [-0.05, 0) is 12.5 Å². The molecule has 1 aliphatic rings. The summed E-state index contributed by atoms with van der Waals surface area (Å²) in [5.41, 5.74) is 0.312. The van der Waals surface area contributed by atoms with E-state index in [0.717, 1.165) is 13.0 Å². The van der Waals surface area contributed by atoms with Crippen molar-refractivity contribution >= 4 is 11.8 Å². The Labute approximate surface area is 111 Å². The summed E-state index contributed by atoms with van der Waals surface area (Å²) in [6, 6.07) is 3.26. The van der Waals surface area contributed by atoms with Gasteiger partial charge < -0.3 is 15.0 Å². The highest BCUT2D eigenvalue weighted by molar-refractivity contribution is 5.92. The van der Waals surface area contributed by atoms with Crippen molar-refractivity contribution in [3.8, 4) is 5.75 Å². The maximum atomic E-state index is 11.8. The van der Waals surface area contributed by atoms with Crippen molar-refractivity contribution in [2.45, 2.75) is 12.8 Å². The largest absolute Gasteiger partial charge is 0.497 e. The first-order chi connectivity index (χ1) is 9.20. The molecule has 6 heteroatoms. The van der Waals surface area contributed by atoms with E-state index < -0.39 is 0 Å². The van der Waals surface area contributed by atoms with Crippen molar-refractivity contribution in [1.82, 2.24) is 15.2 Å². The summed E-state index contributed by atoms with van der Waals surface area (Å²) in [4.78, 5) is 29.0. The Morgan fingerprint density at radius 3 is 3.11 bits per heavy atom. The number of amides is 2. The van der Waals surface area contributed by atoms with Crippen LogP contribution in [0, 0.1) is 0 Å². The number of carbonyl (C=O) groups is 2. The minimum Gasteiger partial charge on any atom is -0.497 e. The highest BCUT2D eigenvalue weighted by Gasteiger charge is 2.19. The van der Waals surface area contributed by atoms with Crippen LogP contribution in [0.2, 0.25) is 0 Å². The van der Waals surface area contributed by atoms with Gasteiger partial charge >= 0.3 is 0 Å². The zero-order valence-corrected chi connectivity index (χ0v) is 10.9. The summed E-state index contributed by atoms with van der Waals surface area (Å²) in [5.74, 6) is 0.495. The van der Waals surface area contributed by atoms with Crippen LogP contribution in [-0.4, -0.2) is 48.4 Å². The lowest BCUT2D eigenvalue weighted by atomic mass is 10.3. The van der Waals surface area contributed by atoms with E-state index in [4.69, 9.17) is 4.74 Å². The monoisotopic (exact) mass is 263 g/mol. The Morgan fingerprint density at radius 1 is 1.58 bits per heavy atom. The lowest BCUT2D eigenvalue weighted by Crippen LogP contribution is -2.35. The van der Waals surface area contributed by atoms with Gasteiger partial charge in [-0.3, -0.25) is 14.6 Å². The third-order valence-electron chi connectivity index (χ3n) is 3.04. The second-order valence-corrected chi connectivity index (χ2v) is 4.32. The number of rotatable bonds is 5. The summed E-state index contributed by atoms with van der Waals surface area (Å²) in [6.07, 6.45) is 3.05. The molecule has 1 N–H and O–H groups in total. The lowest BCUT2D eigenvalue weighted by Gasteiger charge is -2.15. The zero-order valence-electron chi connectivity index (χ0n) is 10.9. The van der Waals surface area contributed by atoms with Crippen LogP contribution in [-0.2, 0) is 4.79 Å². The lowest BCUT2D eigenvalue weighted by molar-refractivity contribution is -0.127. The smallest absolute Gasteiger partial charge is 0.270 e. The van der Waals surface area contributed by atoms with Crippen LogP contribution in [0.25, 0.3) is 0 Å². The van der Waals surface area contributed by atoms with Gasteiger partial charge in [0.05, 0.1) is 7.11 Å². The number of nitrogens with zero attached hydrogens (tertiary/aromatic N) is 2. The molecule has 1 aliphatic heterocycles. The number of aromatic nitrogens is 1. The fourth-order valence-corrected chi connectivity index (χ4v) is 2.00. The summed E-state index contributed by atoms with van der Waals surface area (Å²) >= 11 is 0. The molecule has 1 saturated heterocycles. The molecule has 2 rings (SSSR count). The van der Waals surface area contributed by atoms with Crippen molar-refractivity contribution in [1.29, 1.82) is 0 Å². The highest BCUT2D eigenvalue weighted by atomic mass is 16.5. The first-order valence-electron chi connectivity index (χ1n) is 6.26. The van der Waals surface area contributed by atoms with E-state index in [9.17, 15) is 9.59 Å². The van der Waals surface area contributed by atoms with Crippen molar-refractivity contribution in [3.05, 3.63) is 24.0 Å². The maximum absolute atomic E-state index is 11.8. The van der Waals surface area contributed by atoms with Crippen LogP contribution in [0.3, 0.4) is 0 Å². The maximum Gasteiger partial charge on any atom is 0.270 e. The van der Waals surface area contributed by atoms with Gasteiger partial charge in [-0.25, -0.2) is 0 Å². The van der Waals surface area contributed by atoms with Crippen molar-refractivity contribution < 1.29 is 14.3 Å². The van der Waals surface area contributed by atoms with Gasteiger partial charge in [0.25, 0.3) is 5.91 Å². The Morgan fingerprint density at radius 2 is 2.42 bits per heavy atom. The van der Waals surface area contributed by atoms with Crippen LogP contribution in [0.4, 0.5) is 0 Å². The second kappa shape index (κ2) is 6.17. The van der Waals surface area contributed by atoms with E-state index in [1.165, 1.54) is 13.3 Å². The third kappa shape index (κ3) is 3.43. The SMILES string of the molecule is COc1ccnc(C(=O)NCCN2CCCC2=O)c1. The molecule has 1 aromatic heterocycles. The van der Waals surface area contributed by atoms with E-state index in [-0.39, 0.29) is 11.8 Å². The molecule has 0 radical (unpaired) electrons. The van der Waals surface area contributed by atoms with Crippen LogP contribution in [0.15, 0.2) is 18.3 Å². The minimum atomic E-state index is -0.259.